The average molecular weight is 442 g/mol. The Kier molecular flexibility index (Phi) is 5.44. The minimum Gasteiger partial charge on any atom is -0.394 e. The molecule has 5 rings (SSSR count). The Labute approximate surface area is 189 Å². The summed E-state index contributed by atoms with van der Waals surface area (Å²) in [6, 6.07) is 26.0. The van der Waals surface area contributed by atoms with Crippen molar-refractivity contribution in [2.45, 2.75) is 18.0 Å². The van der Waals surface area contributed by atoms with Gasteiger partial charge in [0.15, 0.2) is 5.13 Å². The van der Waals surface area contributed by atoms with Crippen molar-refractivity contribution in [3.05, 3.63) is 95.6 Å². The van der Waals surface area contributed by atoms with Crippen molar-refractivity contribution < 1.29 is 9.50 Å². The summed E-state index contributed by atoms with van der Waals surface area (Å²) in [7, 11) is 0. The van der Waals surface area contributed by atoms with E-state index in [1.165, 1.54) is 23.5 Å². The molecule has 0 aliphatic carbocycles. The molecule has 0 saturated carbocycles. The summed E-state index contributed by atoms with van der Waals surface area (Å²) in [6.45, 7) is -0.0667. The van der Waals surface area contributed by atoms with E-state index in [9.17, 15) is 14.8 Å². The molecule has 1 aromatic heterocycles. The third-order valence-corrected chi connectivity index (χ3v) is 6.84. The molecule has 3 aromatic carbocycles. The Morgan fingerprint density at radius 2 is 1.59 bits per heavy atom. The number of aromatic nitrogens is 1. The van der Waals surface area contributed by atoms with Crippen LogP contribution >= 0.6 is 11.3 Å². The van der Waals surface area contributed by atoms with Crippen LogP contribution in [0.25, 0.3) is 22.4 Å². The van der Waals surface area contributed by atoms with Gasteiger partial charge in [0.05, 0.1) is 24.4 Å². The maximum Gasteiger partial charge on any atom is 0.187 e. The van der Waals surface area contributed by atoms with Crippen LogP contribution in [0, 0.1) is 17.1 Å². The number of nitriles is 1. The molecule has 1 aliphatic heterocycles. The van der Waals surface area contributed by atoms with E-state index >= 15 is 0 Å². The molecule has 1 aliphatic rings. The third kappa shape index (κ3) is 3.56. The topological polar surface area (TPSA) is 60.1 Å². The van der Waals surface area contributed by atoms with Crippen LogP contribution in [-0.2, 0) is 0 Å². The van der Waals surface area contributed by atoms with Crippen molar-refractivity contribution in [2.75, 3.05) is 11.5 Å². The van der Waals surface area contributed by atoms with E-state index in [0.717, 1.165) is 33.1 Å². The van der Waals surface area contributed by atoms with Crippen LogP contribution in [0.15, 0.2) is 84.2 Å². The molecule has 0 spiro atoms. The summed E-state index contributed by atoms with van der Waals surface area (Å²) in [5, 5.41) is 22.8. The highest BCUT2D eigenvalue weighted by Crippen LogP contribution is 2.45. The Morgan fingerprint density at radius 1 is 0.938 bits per heavy atom. The molecule has 4 nitrogen and oxygen atoms in total. The Bertz CT molecular complexity index is 1250. The summed E-state index contributed by atoms with van der Waals surface area (Å²) in [5.74, 6) is -0.378. The van der Waals surface area contributed by atoms with Gasteiger partial charge in [-0.15, -0.1) is 11.3 Å². The van der Waals surface area contributed by atoms with Crippen LogP contribution in [0.2, 0.25) is 0 Å². The molecule has 32 heavy (non-hydrogen) atoms. The zero-order chi connectivity index (χ0) is 22.1. The Morgan fingerprint density at radius 3 is 2.22 bits per heavy atom. The fraction of sp³-hybridized carbons (Fsp3) is 0.154. The molecule has 158 valence electrons. The molecule has 0 unspecified atom stereocenters. The molecule has 4 aromatic rings. The summed E-state index contributed by atoms with van der Waals surface area (Å²) >= 11 is 1.49. The standard InChI is InChI=1S/C26H20FN3OS/c27-21-12-10-18(11-13-21)17-6-8-20(9-7-17)25-23(14-28)30(24(25)15-31)26-29-22(16-32-26)19-4-2-1-3-5-19/h1-13,16,23-25,31H,15H2/t23-,24-,25+/m0/s1. The van der Waals surface area contributed by atoms with Gasteiger partial charge in [0, 0.05) is 16.9 Å². The second kappa shape index (κ2) is 8.54. The number of anilines is 1. The fourth-order valence-corrected chi connectivity index (χ4v) is 5.26. The normalized spacial score (nSPS) is 19.9. The third-order valence-electron chi connectivity index (χ3n) is 5.99. The zero-order valence-electron chi connectivity index (χ0n) is 17.1. The number of thiazole rings is 1. The number of halogens is 1. The highest BCUT2D eigenvalue weighted by molar-refractivity contribution is 7.14. The van der Waals surface area contributed by atoms with Gasteiger partial charge in [0.2, 0.25) is 0 Å². The maximum atomic E-state index is 13.2. The number of aliphatic hydroxyl groups is 1. The van der Waals surface area contributed by atoms with Gasteiger partial charge in [0.25, 0.3) is 0 Å². The van der Waals surface area contributed by atoms with Crippen LogP contribution in [0.4, 0.5) is 9.52 Å². The minimum absolute atomic E-state index is 0.0667. The minimum atomic E-state index is -0.404. The summed E-state index contributed by atoms with van der Waals surface area (Å²) in [5.41, 5.74) is 4.80. The van der Waals surface area contributed by atoms with Crippen LogP contribution in [0.5, 0.6) is 0 Å². The van der Waals surface area contributed by atoms with Gasteiger partial charge in [-0.05, 0) is 28.8 Å². The first kappa shape index (κ1) is 20.4. The Hall–Kier alpha value is -3.53. The molecule has 6 heteroatoms. The van der Waals surface area contributed by atoms with E-state index in [1.54, 1.807) is 12.1 Å². The van der Waals surface area contributed by atoms with Crippen molar-refractivity contribution in [1.82, 2.24) is 4.98 Å². The number of rotatable bonds is 5. The van der Waals surface area contributed by atoms with E-state index in [2.05, 4.69) is 6.07 Å². The van der Waals surface area contributed by atoms with Crippen molar-refractivity contribution >= 4 is 16.5 Å². The van der Waals surface area contributed by atoms with E-state index in [-0.39, 0.29) is 24.4 Å². The largest absolute Gasteiger partial charge is 0.394 e. The summed E-state index contributed by atoms with van der Waals surface area (Å²) in [4.78, 5) is 6.67. The van der Waals surface area contributed by atoms with Crippen molar-refractivity contribution in [1.29, 1.82) is 5.26 Å². The average Bonchev–Trinajstić information content (AvgIpc) is 3.30. The molecular weight excluding hydrogens is 421 g/mol. The second-order valence-electron chi connectivity index (χ2n) is 7.77. The molecule has 0 radical (unpaired) electrons. The van der Waals surface area contributed by atoms with Crippen LogP contribution in [0.3, 0.4) is 0 Å². The van der Waals surface area contributed by atoms with Gasteiger partial charge in [-0.1, -0.05) is 66.7 Å². The lowest BCUT2D eigenvalue weighted by Gasteiger charge is -2.51. The van der Waals surface area contributed by atoms with Gasteiger partial charge in [0.1, 0.15) is 11.9 Å². The highest BCUT2D eigenvalue weighted by atomic mass is 32.1. The van der Waals surface area contributed by atoms with E-state index < -0.39 is 6.04 Å². The van der Waals surface area contributed by atoms with Crippen LogP contribution in [0.1, 0.15) is 11.5 Å². The summed E-state index contributed by atoms with van der Waals surface area (Å²) in [6.07, 6.45) is 0. The van der Waals surface area contributed by atoms with Gasteiger partial charge in [-0.3, -0.25) is 0 Å². The highest BCUT2D eigenvalue weighted by Gasteiger charge is 2.50. The monoisotopic (exact) mass is 441 g/mol. The fourth-order valence-electron chi connectivity index (χ4n) is 4.34. The van der Waals surface area contributed by atoms with Crippen molar-refractivity contribution in [3.8, 4) is 28.5 Å². The van der Waals surface area contributed by atoms with E-state index in [0.29, 0.717) is 0 Å². The molecule has 0 amide bonds. The predicted octanol–water partition coefficient (Wildman–Crippen LogP) is 5.47. The summed E-state index contributed by atoms with van der Waals surface area (Å²) < 4.78 is 13.2. The van der Waals surface area contributed by atoms with Crippen LogP contribution < -0.4 is 4.90 Å². The Balaban J connectivity index is 1.40. The molecule has 1 N–H and O–H groups in total. The number of hydrogen-bond donors (Lipinski definition) is 1. The smallest absolute Gasteiger partial charge is 0.187 e. The SMILES string of the molecule is N#C[C@H]1[C@@H](c2ccc(-c3ccc(F)cc3)cc2)[C@H](CO)N1c1nc(-c2ccccc2)cs1. The van der Waals surface area contributed by atoms with Crippen molar-refractivity contribution in [3.63, 3.8) is 0 Å². The first-order valence-electron chi connectivity index (χ1n) is 10.4. The first-order valence-corrected chi connectivity index (χ1v) is 11.2. The van der Waals surface area contributed by atoms with Crippen LogP contribution in [-0.4, -0.2) is 28.8 Å². The van der Waals surface area contributed by atoms with Crippen molar-refractivity contribution in [2.24, 2.45) is 0 Å². The zero-order valence-corrected chi connectivity index (χ0v) is 17.9. The van der Waals surface area contributed by atoms with Gasteiger partial charge in [-0.2, -0.15) is 5.26 Å². The lowest BCUT2D eigenvalue weighted by molar-refractivity contribution is 0.187. The molecule has 0 bridgehead atoms. The van der Waals surface area contributed by atoms with E-state index in [1.807, 2.05) is 64.9 Å². The number of nitrogens with zero attached hydrogens (tertiary/aromatic N) is 3. The molecule has 1 fully saturated rings. The van der Waals surface area contributed by atoms with Gasteiger partial charge >= 0.3 is 0 Å². The maximum absolute atomic E-state index is 13.2. The molecular formula is C26H20FN3OS. The quantitative estimate of drug-likeness (QED) is 0.446. The number of hydrogen-bond acceptors (Lipinski definition) is 5. The van der Waals surface area contributed by atoms with Gasteiger partial charge in [-0.25, -0.2) is 9.37 Å². The first-order chi connectivity index (χ1) is 15.7. The lowest BCUT2D eigenvalue weighted by atomic mass is 9.76. The number of aliphatic hydroxyl groups excluding tert-OH is 1. The second-order valence-corrected chi connectivity index (χ2v) is 8.60. The predicted molar refractivity (Wildman–Crippen MR) is 125 cm³/mol. The van der Waals surface area contributed by atoms with E-state index in [4.69, 9.17) is 4.98 Å². The molecule has 3 atom stereocenters. The van der Waals surface area contributed by atoms with Gasteiger partial charge < -0.3 is 10.0 Å². The molecule has 2 heterocycles. The lowest BCUT2D eigenvalue weighted by Crippen LogP contribution is -2.63. The number of benzene rings is 3. The molecule has 1 saturated heterocycles.